The van der Waals surface area contributed by atoms with Gasteiger partial charge < -0.3 is 0 Å². The third-order valence-electron chi connectivity index (χ3n) is 2.42. The first kappa shape index (κ1) is 10.5. The molecule has 3 heterocycles. The number of nitrogens with zero attached hydrogens (tertiary/aromatic N) is 5. The quantitative estimate of drug-likeness (QED) is 0.816. The normalized spacial score (nSPS) is 17.6. The highest BCUT2D eigenvalue weighted by molar-refractivity contribution is 5.99. The molecular weight excluding hydrogens is 230 g/mol. The molecule has 6 nitrogen and oxygen atoms in total. The van der Waals surface area contributed by atoms with Crippen LogP contribution in [0.4, 0.5) is 0 Å². The summed E-state index contributed by atoms with van der Waals surface area (Å²) in [5.74, 6) is 1.00. The van der Waals surface area contributed by atoms with Crippen molar-refractivity contribution >= 4 is 5.84 Å². The van der Waals surface area contributed by atoms with Crippen molar-refractivity contribution in [2.75, 3.05) is 0 Å². The third-order valence-corrected chi connectivity index (χ3v) is 2.42. The highest BCUT2D eigenvalue weighted by Crippen LogP contribution is 2.21. The molecule has 0 saturated heterocycles. The number of amidine groups is 1. The minimum Gasteiger partial charge on any atom is -0.285 e. The number of hydrogen-bond acceptors (Lipinski definition) is 6. The Morgan fingerprint density at radius 3 is 2.61 bits per heavy atom. The van der Waals surface area contributed by atoms with Gasteiger partial charge in [-0.1, -0.05) is 6.07 Å². The van der Waals surface area contributed by atoms with Gasteiger partial charge in [0.05, 0.1) is 0 Å². The van der Waals surface area contributed by atoms with Crippen LogP contribution in [-0.4, -0.2) is 21.1 Å². The molecule has 1 aromatic rings. The first-order chi connectivity index (χ1) is 8.83. The second-order valence-electron chi connectivity index (χ2n) is 3.64. The van der Waals surface area contributed by atoms with Crippen molar-refractivity contribution in [3.8, 4) is 0 Å². The van der Waals surface area contributed by atoms with Gasteiger partial charge in [-0.25, -0.2) is 10.1 Å². The largest absolute Gasteiger partial charge is 0.285 e. The number of allylic oxidation sites excluding steroid dienone is 3. The summed E-state index contributed by atoms with van der Waals surface area (Å²) in [5.41, 5.74) is 1.47. The molecule has 0 atom stereocenters. The zero-order valence-corrected chi connectivity index (χ0v) is 9.30. The zero-order valence-electron chi connectivity index (χ0n) is 9.30. The summed E-state index contributed by atoms with van der Waals surface area (Å²) in [4.78, 5) is 8.47. The smallest absolute Gasteiger partial charge is 0.202 e. The lowest BCUT2D eigenvalue weighted by Gasteiger charge is -2.09. The molecular formula is C12H9N5O. The lowest BCUT2D eigenvalue weighted by molar-refractivity contribution is 0.0105. The van der Waals surface area contributed by atoms with Crippen molar-refractivity contribution in [2.45, 2.75) is 0 Å². The standard InChI is InChI=1S/C12H9N5O/c18-17-7-4-9(5-8-17)11-14-12(16-15-11)10-3-1-2-6-13-10/h1-8,18H. The zero-order chi connectivity index (χ0) is 12.4. The number of azo groups is 1. The SMILES string of the molecule is ON1C=CC(=C2N=NC(c3ccccn3)=N2)C=C1. The molecule has 1 aromatic heterocycles. The van der Waals surface area contributed by atoms with Crippen LogP contribution in [0.2, 0.25) is 0 Å². The molecule has 0 radical (unpaired) electrons. The third kappa shape index (κ3) is 1.96. The number of rotatable bonds is 1. The van der Waals surface area contributed by atoms with Crippen LogP contribution in [-0.2, 0) is 0 Å². The van der Waals surface area contributed by atoms with Gasteiger partial charge in [-0.3, -0.25) is 10.2 Å². The summed E-state index contributed by atoms with van der Waals surface area (Å²) in [6.45, 7) is 0. The fraction of sp³-hybridized carbons (Fsp3) is 0. The minimum absolute atomic E-state index is 0.492. The summed E-state index contributed by atoms with van der Waals surface area (Å²) < 4.78 is 0. The van der Waals surface area contributed by atoms with Crippen molar-refractivity contribution in [1.82, 2.24) is 10.0 Å². The van der Waals surface area contributed by atoms with Crippen LogP contribution < -0.4 is 0 Å². The fourth-order valence-electron chi connectivity index (χ4n) is 1.53. The molecule has 2 aliphatic rings. The monoisotopic (exact) mass is 239 g/mol. The Balaban J connectivity index is 1.94. The van der Waals surface area contributed by atoms with Gasteiger partial charge in [0.25, 0.3) is 0 Å². The number of hydroxylamine groups is 2. The summed E-state index contributed by atoms with van der Waals surface area (Å²) in [6, 6.07) is 5.53. The van der Waals surface area contributed by atoms with Crippen LogP contribution in [0.1, 0.15) is 5.69 Å². The Bertz CT molecular complexity index is 597. The maximum absolute atomic E-state index is 9.14. The number of aliphatic imine (C=N–C) groups is 1. The van der Waals surface area contributed by atoms with E-state index in [9.17, 15) is 0 Å². The van der Waals surface area contributed by atoms with E-state index in [1.807, 2.05) is 18.2 Å². The molecule has 6 heteroatoms. The Labute approximate surface area is 103 Å². The number of aromatic nitrogens is 1. The van der Waals surface area contributed by atoms with E-state index in [1.165, 1.54) is 12.4 Å². The van der Waals surface area contributed by atoms with E-state index < -0.39 is 0 Å². The van der Waals surface area contributed by atoms with Gasteiger partial charge in [0.1, 0.15) is 5.69 Å². The van der Waals surface area contributed by atoms with Gasteiger partial charge >= 0.3 is 0 Å². The summed E-state index contributed by atoms with van der Waals surface area (Å²) >= 11 is 0. The topological polar surface area (TPSA) is 73.4 Å². The van der Waals surface area contributed by atoms with Crippen LogP contribution in [0.15, 0.2) is 75.6 Å². The second-order valence-corrected chi connectivity index (χ2v) is 3.64. The summed E-state index contributed by atoms with van der Waals surface area (Å²) in [7, 11) is 0. The van der Waals surface area contributed by atoms with E-state index >= 15 is 0 Å². The Morgan fingerprint density at radius 1 is 1.06 bits per heavy atom. The van der Waals surface area contributed by atoms with E-state index in [4.69, 9.17) is 5.21 Å². The van der Waals surface area contributed by atoms with Crippen LogP contribution in [0.5, 0.6) is 0 Å². The molecule has 88 valence electrons. The van der Waals surface area contributed by atoms with Crippen molar-refractivity contribution in [3.63, 3.8) is 0 Å². The van der Waals surface area contributed by atoms with Crippen LogP contribution >= 0.6 is 0 Å². The molecule has 0 aliphatic carbocycles. The average Bonchev–Trinajstić information content (AvgIpc) is 2.90. The van der Waals surface area contributed by atoms with E-state index in [1.54, 1.807) is 18.3 Å². The maximum Gasteiger partial charge on any atom is 0.202 e. The van der Waals surface area contributed by atoms with Crippen molar-refractivity contribution in [3.05, 3.63) is 66.0 Å². The molecule has 0 amide bonds. The Morgan fingerprint density at radius 2 is 1.89 bits per heavy atom. The molecule has 0 spiro atoms. The van der Waals surface area contributed by atoms with Gasteiger partial charge in [0.15, 0.2) is 5.82 Å². The first-order valence-corrected chi connectivity index (χ1v) is 5.33. The summed E-state index contributed by atoms with van der Waals surface area (Å²) in [5, 5.41) is 18.1. The maximum atomic E-state index is 9.14. The van der Waals surface area contributed by atoms with Crippen molar-refractivity contribution < 1.29 is 5.21 Å². The molecule has 0 bridgehead atoms. The lowest BCUT2D eigenvalue weighted by Crippen LogP contribution is -2.04. The number of hydrogen-bond donors (Lipinski definition) is 1. The lowest BCUT2D eigenvalue weighted by atomic mass is 10.2. The van der Waals surface area contributed by atoms with Crippen molar-refractivity contribution in [2.24, 2.45) is 15.2 Å². The van der Waals surface area contributed by atoms with E-state index in [-0.39, 0.29) is 0 Å². The highest BCUT2D eigenvalue weighted by Gasteiger charge is 2.14. The predicted octanol–water partition coefficient (Wildman–Crippen LogP) is 2.24. The molecule has 2 aliphatic heterocycles. The Kier molecular flexibility index (Phi) is 2.54. The molecule has 18 heavy (non-hydrogen) atoms. The van der Waals surface area contributed by atoms with Crippen molar-refractivity contribution in [1.29, 1.82) is 0 Å². The minimum atomic E-state index is 0.492. The Hall–Kier alpha value is -2.60. The molecule has 0 aromatic carbocycles. The van der Waals surface area contributed by atoms with E-state index in [0.29, 0.717) is 17.4 Å². The fourth-order valence-corrected chi connectivity index (χ4v) is 1.53. The first-order valence-electron chi connectivity index (χ1n) is 5.33. The molecule has 0 unspecified atom stereocenters. The number of pyridine rings is 1. The van der Waals surface area contributed by atoms with Gasteiger partial charge in [-0.05, 0) is 24.3 Å². The summed E-state index contributed by atoms with van der Waals surface area (Å²) in [6.07, 6.45) is 8.11. The molecule has 0 fully saturated rings. The van der Waals surface area contributed by atoms with Gasteiger partial charge in [-0.2, -0.15) is 0 Å². The molecule has 3 rings (SSSR count). The molecule has 1 N–H and O–H groups in total. The molecule has 0 saturated carbocycles. The van der Waals surface area contributed by atoms with Crippen LogP contribution in [0, 0.1) is 0 Å². The van der Waals surface area contributed by atoms with E-state index in [2.05, 4.69) is 20.2 Å². The second kappa shape index (κ2) is 4.34. The highest BCUT2D eigenvalue weighted by atomic mass is 16.5. The van der Waals surface area contributed by atoms with Gasteiger partial charge in [-0.15, -0.1) is 10.2 Å². The van der Waals surface area contributed by atoms with Crippen LogP contribution in [0.3, 0.4) is 0 Å². The predicted molar refractivity (Wildman–Crippen MR) is 64.6 cm³/mol. The van der Waals surface area contributed by atoms with Gasteiger partial charge in [0, 0.05) is 24.2 Å². The van der Waals surface area contributed by atoms with E-state index in [0.717, 1.165) is 10.6 Å². The average molecular weight is 239 g/mol. The van der Waals surface area contributed by atoms with Crippen LogP contribution in [0.25, 0.3) is 0 Å². The van der Waals surface area contributed by atoms with Gasteiger partial charge in [0.2, 0.25) is 5.84 Å².